The van der Waals surface area contributed by atoms with E-state index in [4.69, 9.17) is 11.6 Å². The molecule has 0 atom stereocenters. The molecular weight excluding hydrogens is 353 g/mol. The smallest absolute Gasteiger partial charge is 0.225 e. The number of piperidine rings is 1. The number of amides is 1. The Kier molecular flexibility index (Phi) is 5.97. The number of aromatic nitrogens is 1. The van der Waals surface area contributed by atoms with Crippen molar-refractivity contribution in [3.63, 3.8) is 0 Å². The van der Waals surface area contributed by atoms with Gasteiger partial charge in [0, 0.05) is 44.2 Å². The van der Waals surface area contributed by atoms with Gasteiger partial charge < -0.3 is 9.80 Å². The van der Waals surface area contributed by atoms with Gasteiger partial charge in [-0.05, 0) is 37.5 Å². The minimum absolute atomic E-state index is 0.0317. The molecule has 0 aliphatic carbocycles. The van der Waals surface area contributed by atoms with Crippen LogP contribution in [-0.4, -0.2) is 42.5 Å². The van der Waals surface area contributed by atoms with Crippen LogP contribution in [0.2, 0.25) is 5.02 Å². The van der Waals surface area contributed by atoms with Crippen LogP contribution in [0, 0.1) is 11.7 Å². The van der Waals surface area contributed by atoms with Crippen LogP contribution >= 0.6 is 11.6 Å². The molecule has 3 rings (SSSR count). The van der Waals surface area contributed by atoms with Gasteiger partial charge in [0.1, 0.15) is 5.52 Å². The second-order valence-corrected chi connectivity index (χ2v) is 7.37. The van der Waals surface area contributed by atoms with Crippen LogP contribution in [0.25, 0.3) is 10.9 Å². The normalized spacial score (nSPS) is 15.5. The monoisotopic (exact) mass is 377 g/mol. The van der Waals surface area contributed by atoms with Gasteiger partial charge in [0.05, 0.1) is 10.7 Å². The highest BCUT2D eigenvalue weighted by atomic mass is 35.5. The van der Waals surface area contributed by atoms with Gasteiger partial charge in [-0.3, -0.25) is 9.78 Å². The van der Waals surface area contributed by atoms with Gasteiger partial charge in [-0.25, -0.2) is 4.39 Å². The first-order valence-corrected chi connectivity index (χ1v) is 9.63. The minimum Gasteiger partial charge on any atom is -0.369 e. The van der Waals surface area contributed by atoms with Crippen molar-refractivity contribution < 1.29 is 9.18 Å². The molecule has 0 saturated carbocycles. The van der Waals surface area contributed by atoms with E-state index in [-0.39, 0.29) is 17.6 Å². The van der Waals surface area contributed by atoms with Crippen LogP contribution in [0.15, 0.2) is 24.4 Å². The third-order valence-electron chi connectivity index (χ3n) is 5.19. The quantitative estimate of drug-likeness (QED) is 0.769. The lowest BCUT2D eigenvalue weighted by Crippen LogP contribution is -2.41. The van der Waals surface area contributed by atoms with E-state index in [1.165, 1.54) is 6.20 Å². The fourth-order valence-electron chi connectivity index (χ4n) is 3.57. The average molecular weight is 378 g/mol. The Balaban J connectivity index is 1.69. The molecule has 0 bridgehead atoms. The fraction of sp³-hybridized carbons (Fsp3) is 0.500. The molecule has 2 aromatic rings. The Morgan fingerprint density at radius 3 is 2.77 bits per heavy atom. The number of halogens is 2. The number of unbranched alkanes of at least 4 members (excludes halogenated alkanes) is 1. The summed E-state index contributed by atoms with van der Waals surface area (Å²) < 4.78 is 14.9. The highest BCUT2D eigenvalue weighted by molar-refractivity contribution is 6.35. The predicted molar refractivity (Wildman–Crippen MR) is 104 cm³/mol. The number of anilines is 1. The molecule has 0 radical (unpaired) electrons. The average Bonchev–Trinajstić information content (AvgIpc) is 2.66. The summed E-state index contributed by atoms with van der Waals surface area (Å²) in [7, 11) is 1.88. The van der Waals surface area contributed by atoms with Gasteiger partial charge in [-0.2, -0.15) is 0 Å². The third kappa shape index (κ3) is 3.78. The zero-order chi connectivity index (χ0) is 18.7. The largest absolute Gasteiger partial charge is 0.369 e. The van der Waals surface area contributed by atoms with E-state index >= 15 is 0 Å². The maximum atomic E-state index is 14.9. The Bertz CT molecular complexity index is 790. The molecule has 1 aromatic heterocycles. The summed E-state index contributed by atoms with van der Waals surface area (Å²) in [5.41, 5.74) is 0.838. The first-order valence-electron chi connectivity index (χ1n) is 9.25. The van der Waals surface area contributed by atoms with E-state index in [9.17, 15) is 9.18 Å². The first-order chi connectivity index (χ1) is 12.5. The van der Waals surface area contributed by atoms with Crippen molar-refractivity contribution in [2.45, 2.75) is 32.6 Å². The van der Waals surface area contributed by atoms with Gasteiger partial charge >= 0.3 is 0 Å². The number of hydrogen-bond donors (Lipinski definition) is 0. The van der Waals surface area contributed by atoms with Crippen LogP contribution in [0.4, 0.5) is 10.1 Å². The van der Waals surface area contributed by atoms with Crippen LogP contribution in [0.1, 0.15) is 32.6 Å². The number of nitrogens with zero attached hydrogens (tertiary/aromatic N) is 3. The van der Waals surface area contributed by atoms with Crippen molar-refractivity contribution in [1.82, 2.24) is 9.88 Å². The number of fused-ring (bicyclic) bond motifs is 1. The minimum atomic E-state index is -0.338. The molecule has 4 nitrogen and oxygen atoms in total. The van der Waals surface area contributed by atoms with Gasteiger partial charge in [0.25, 0.3) is 0 Å². The maximum absolute atomic E-state index is 14.9. The third-order valence-corrected chi connectivity index (χ3v) is 5.52. The van der Waals surface area contributed by atoms with Crippen molar-refractivity contribution in [3.05, 3.63) is 35.2 Å². The Labute approximate surface area is 158 Å². The molecule has 2 heterocycles. The molecule has 6 heteroatoms. The number of carbonyl (C=O) groups excluding carboxylic acids is 1. The van der Waals surface area contributed by atoms with E-state index < -0.39 is 0 Å². The lowest BCUT2D eigenvalue weighted by atomic mass is 9.94. The molecule has 1 aliphatic heterocycles. The highest BCUT2D eigenvalue weighted by Crippen LogP contribution is 2.32. The summed E-state index contributed by atoms with van der Waals surface area (Å²) in [6, 6.07) is 5.24. The number of pyridine rings is 1. The zero-order valence-corrected chi connectivity index (χ0v) is 16.1. The highest BCUT2D eigenvalue weighted by Gasteiger charge is 2.28. The summed E-state index contributed by atoms with van der Waals surface area (Å²) in [5, 5.41) is 1.12. The molecule has 26 heavy (non-hydrogen) atoms. The van der Waals surface area contributed by atoms with Crippen molar-refractivity contribution in [2.75, 3.05) is 31.6 Å². The van der Waals surface area contributed by atoms with Crippen LogP contribution in [0.5, 0.6) is 0 Å². The van der Waals surface area contributed by atoms with E-state index in [2.05, 4.69) is 11.9 Å². The van der Waals surface area contributed by atoms with Gasteiger partial charge in [-0.15, -0.1) is 0 Å². The second kappa shape index (κ2) is 8.21. The molecular formula is C20H25ClFN3O. The molecule has 0 spiro atoms. The molecule has 1 aliphatic rings. The molecule has 1 fully saturated rings. The Morgan fingerprint density at radius 2 is 2.08 bits per heavy atom. The number of benzene rings is 1. The maximum Gasteiger partial charge on any atom is 0.225 e. The molecule has 1 aromatic carbocycles. The number of hydrogen-bond acceptors (Lipinski definition) is 3. The fourth-order valence-corrected chi connectivity index (χ4v) is 3.78. The summed E-state index contributed by atoms with van der Waals surface area (Å²) in [4.78, 5) is 20.5. The van der Waals surface area contributed by atoms with E-state index in [0.717, 1.165) is 32.2 Å². The molecule has 0 N–H and O–H groups in total. The summed E-state index contributed by atoms with van der Waals surface area (Å²) in [6.07, 6.45) is 5.12. The Hall–Kier alpha value is -1.88. The lowest BCUT2D eigenvalue weighted by molar-refractivity contribution is -0.134. The van der Waals surface area contributed by atoms with E-state index in [0.29, 0.717) is 34.7 Å². The second-order valence-electron chi connectivity index (χ2n) is 6.96. The SMILES string of the molecule is CCCCN(C)C(=O)C1CCN(c2ccc3c(Cl)ccnc3c2F)CC1. The van der Waals surface area contributed by atoms with Crippen molar-refractivity contribution >= 4 is 34.1 Å². The number of rotatable bonds is 5. The summed E-state index contributed by atoms with van der Waals surface area (Å²) in [5.74, 6) is -0.0930. The summed E-state index contributed by atoms with van der Waals surface area (Å²) in [6.45, 7) is 4.26. The van der Waals surface area contributed by atoms with Crippen molar-refractivity contribution in [3.8, 4) is 0 Å². The van der Waals surface area contributed by atoms with Crippen molar-refractivity contribution in [1.29, 1.82) is 0 Å². The van der Waals surface area contributed by atoms with Gasteiger partial charge in [-0.1, -0.05) is 24.9 Å². The molecule has 0 unspecified atom stereocenters. The summed E-state index contributed by atoms with van der Waals surface area (Å²) >= 11 is 6.12. The van der Waals surface area contributed by atoms with Crippen LogP contribution in [-0.2, 0) is 4.79 Å². The predicted octanol–water partition coefficient (Wildman–Crippen LogP) is 4.50. The van der Waals surface area contributed by atoms with Crippen LogP contribution < -0.4 is 4.90 Å². The topological polar surface area (TPSA) is 36.4 Å². The van der Waals surface area contributed by atoms with Crippen molar-refractivity contribution in [2.24, 2.45) is 5.92 Å². The lowest BCUT2D eigenvalue weighted by Gasteiger charge is -2.34. The molecule has 1 amide bonds. The standard InChI is InChI=1S/C20H25ClFN3O/c1-3-4-11-24(2)20(26)14-8-12-25(13-9-14)17-6-5-15-16(21)7-10-23-19(15)18(17)22/h5-7,10,14H,3-4,8-9,11-13H2,1-2H3. The Morgan fingerprint density at radius 1 is 1.35 bits per heavy atom. The number of carbonyl (C=O) groups is 1. The van der Waals surface area contributed by atoms with Gasteiger partial charge in [0.15, 0.2) is 5.82 Å². The van der Waals surface area contributed by atoms with E-state index in [1.807, 2.05) is 22.9 Å². The van der Waals surface area contributed by atoms with Crippen LogP contribution in [0.3, 0.4) is 0 Å². The first kappa shape index (κ1) is 18.9. The van der Waals surface area contributed by atoms with Gasteiger partial charge in [0.2, 0.25) is 5.91 Å². The zero-order valence-electron chi connectivity index (χ0n) is 15.3. The van der Waals surface area contributed by atoms with E-state index in [1.54, 1.807) is 12.1 Å². The molecule has 1 saturated heterocycles. The molecule has 140 valence electrons.